The molecule has 4 heteroatoms. The summed E-state index contributed by atoms with van der Waals surface area (Å²) in [5, 5.41) is 4.04. The van der Waals surface area contributed by atoms with Crippen molar-refractivity contribution in [3.63, 3.8) is 0 Å². The van der Waals surface area contributed by atoms with E-state index in [9.17, 15) is 0 Å². The lowest BCUT2D eigenvalue weighted by atomic mass is 10.0. The van der Waals surface area contributed by atoms with E-state index in [-0.39, 0.29) is 0 Å². The first kappa shape index (κ1) is 14.4. The summed E-state index contributed by atoms with van der Waals surface area (Å²) in [5.74, 6) is 1.75. The number of hydrogen-bond donors (Lipinski definition) is 0. The summed E-state index contributed by atoms with van der Waals surface area (Å²) in [6.07, 6.45) is 2.83. The first-order valence-corrected chi connectivity index (χ1v) is 7.48. The Morgan fingerprint density at radius 2 is 1.73 bits per heavy atom. The molecule has 0 atom stereocenters. The number of nitrogens with zero attached hydrogens (tertiary/aromatic N) is 3. The maximum Gasteiger partial charge on any atom is 0.258 e. The smallest absolute Gasteiger partial charge is 0.258 e. The highest BCUT2D eigenvalue weighted by Crippen LogP contribution is 2.22. The second-order valence-corrected chi connectivity index (χ2v) is 5.91. The molecule has 112 valence electrons. The third-order valence-electron chi connectivity index (χ3n) is 3.44. The molecule has 1 aromatic carbocycles. The molecule has 3 rings (SSSR count). The molecule has 0 amide bonds. The van der Waals surface area contributed by atoms with Gasteiger partial charge in [-0.15, -0.1) is 0 Å². The van der Waals surface area contributed by atoms with Crippen LogP contribution in [0.4, 0.5) is 0 Å². The number of aryl methyl sites for hydroxylation is 1. The summed E-state index contributed by atoms with van der Waals surface area (Å²) < 4.78 is 5.37. The number of pyridine rings is 1. The van der Waals surface area contributed by atoms with Gasteiger partial charge in [0, 0.05) is 23.0 Å². The van der Waals surface area contributed by atoms with Crippen LogP contribution in [-0.4, -0.2) is 15.1 Å². The van der Waals surface area contributed by atoms with E-state index in [1.807, 2.05) is 31.2 Å². The van der Waals surface area contributed by atoms with Crippen LogP contribution in [0.25, 0.3) is 22.8 Å². The van der Waals surface area contributed by atoms with E-state index < -0.39 is 0 Å². The molecule has 22 heavy (non-hydrogen) atoms. The second kappa shape index (κ2) is 6.10. The number of aromatic nitrogens is 3. The molecule has 0 N–H and O–H groups in total. The largest absolute Gasteiger partial charge is 0.334 e. The van der Waals surface area contributed by atoms with Crippen molar-refractivity contribution < 1.29 is 4.52 Å². The van der Waals surface area contributed by atoms with Crippen molar-refractivity contribution in [2.24, 2.45) is 5.92 Å². The molecule has 2 aromatic heterocycles. The van der Waals surface area contributed by atoms with Crippen LogP contribution in [-0.2, 0) is 6.42 Å². The lowest BCUT2D eigenvalue weighted by Gasteiger charge is -2.04. The average molecular weight is 293 g/mol. The summed E-state index contributed by atoms with van der Waals surface area (Å²) in [6.45, 7) is 6.38. The molecule has 0 fully saturated rings. The molecular formula is C18H19N3O. The molecule has 0 saturated carbocycles. The lowest BCUT2D eigenvalue weighted by molar-refractivity contribution is 0.432. The Labute approximate surface area is 130 Å². The van der Waals surface area contributed by atoms with E-state index in [4.69, 9.17) is 4.52 Å². The van der Waals surface area contributed by atoms with Crippen molar-refractivity contribution in [1.29, 1.82) is 0 Å². The first-order chi connectivity index (χ1) is 10.6. The zero-order valence-electron chi connectivity index (χ0n) is 13.1. The van der Waals surface area contributed by atoms with Crippen LogP contribution >= 0.6 is 0 Å². The van der Waals surface area contributed by atoms with E-state index in [1.165, 1.54) is 5.56 Å². The Morgan fingerprint density at radius 3 is 2.36 bits per heavy atom. The molecule has 0 aliphatic rings. The Balaban J connectivity index is 1.82. The molecule has 0 bridgehead atoms. The van der Waals surface area contributed by atoms with Crippen molar-refractivity contribution in [3.8, 4) is 22.8 Å². The van der Waals surface area contributed by atoms with E-state index >= 15 is 0 Å². The Bertz CT molecular complexity index is 743. The summed E-state index contributed by atoms with van der Waals surface area (Å²) in [4.78, 5) is 8.71. The van der Waals surface area contributed by atoms with Gasteiger partial charge in [0.1, 0.15) is 0 Å². The molecule has 0 saturated heterocycles. The third kappa shape index (κ3) is 3.22. The molecule has 0 aliphatic carbocycles. The van der Waals surface area contributed by atoms with Crippen molar-refractivity contribution in [2.45, 2.75) is 27.2 Å². The van der Waals surface area contributed by atoms with Gasteiger partial charge < -0.3 is 4.52 Å². The van der Waals surface area contributed by atoms with Gasteiger partial charge in [0.15, 0.2) is 0 Å². The molecule has 3 aromatic rings. The summed E-state index contributed by atoms with van der Waals surface area (Å²) in [6, 6.07) is 12.2. The number of benzene rings is 1. The summed E-state index contributed by atoms with van der Waals surface area (Å²) in [5.41, 5.74) is 4.08. The van der Waals surface area contributed by atoms with E-state index in [0.717, 1.165) is 23.2 Å². The Kier molecular flexibility index (Phi) is 4.00. The zero-order valence-corrected chi connectivity index (χ0v) is 13.1. The van der Waals surface area contributed by atoms with Crippen molar-refractivity contribution in [2.75, 3.05) is 0 Å². The minimum atomic E-state index is 0.534. The van der Waals surface area contributed by atoms with Crippen LogP contribution in [0.5, 0.6) is 0 Å². The van der Waals surface area contributed by atoms with Gasteiger partial charge in [-0.3, -0.25) is 4.98 Å². The standard InChI is InChI=1S/C18H19N3O/c1-12(2)10-14-5-8-15(9-6-14)18-20-17(21-22-18)16-7-4-13(3)19-11-16/h4-9,11-12H,10H2,1-3H3. The molecule has 0 radical (unpaired) electrons. The highest BCUT2D eigenvalue weighted by atomic mass is 16.5. The van der Waals surface area contributed by atoms with E-state index in [0.29, 0.717) is 17.6 Å². The average Bonchev–Trinajstić information content (AvgIpc) is 2.98. The Hall–Kier alpha value is -2.49. The SMILES string of the molecule is Cc1ccc(-c2noc(-c3ccc(CC(C)C)cc3)n2)cn1. The third-order valence-corrected chi connectivity index (χ3v) is 3.44. The van der Waals surface area contributed by atoms with Crippen LogP contribution in [0.15, 0.2) is 47.1 Å². The minimum absolute atomic E-state index is 0.534. The van der Waals surface area contributed by atoms with Crippen LogP contribution < -0.4 is 0 Å². The molecule has 0 aliphatic heterocycles. The maximum atomic E-state index is 5.37. The molecular weight excluding hydrogens is 274 g/mol. The fourth-order valence-electron chi connectivity index (χ4n) is 2.31. The van der Waals surface area contributed by atoms with Gasteiger partial charge >= 0.3 is 0 Å². The maximum absolute atomic E-state index is 5.37. The van der Waals surface area contributed by atoms with Crippen LogP contribution in [0.2, 0.25) is 0 Å². The van der Waals surface area contributed by atoms with Gasteiger partial charge in [-0.05, 0) is 49.1 Å². The normalized spacial score (nSPS) is 11.1. The van der Waals surface area contributed by atoms with Crippen molar-refractivity contribution in [3.05, 3.63) is 53.9 Å². The quantitative estimate of drug-likeness (QED) is 0.719. The molecule has 0 spiro atoms. The first-order valence-electron chi connectivity index (χ1n) is 7.48. The highest BCUT2D eigenvalue weighted by Gasteiger charge is 2.11. The van der Waals surface area contributed by atoms with Crippen molar-refractivity contribution in [1.82, 2.24) is 15.1 Å². The fourth-order valence-corrected chi connectivity index (χ4v) is 2.31. The van der Waals surface area contributed by atoms with Gasteiger partial charge in [-0.2, -0.15) is 4.98 Å². The summed E-state index contributed by atoms with van der Waals surface area (Å²) in [7, 11) is 0. The zero-order chi connectivity index (χ0) is 15.5. The van der Waals surface area contributed by atoms with Gasteiger partial charge in [0.25, 0.3) is 5.89 Å². The molecule has 0 unspecified atom stereocenters. The van der Waals surface area contributed by atoms with E-state index in [1.54, 1.807) is 6.20 Å². The highest BCUT2D eigenvalue weighted by molar-refractivity contribution is 5.59. The molecule has 4 nitrogen and oxygen atoms in total. The number of hydrogen-bond acceptors (Lipinski definition) is 4. The predicted octanol–water partition coefficient (Wildman–Crippen LogP) is 4.31. The summed E-state index contributed by atoms with van der Waals surface area (Å²) >= 11 is 0. The predicted molar refractivity (Wildman–Crippen MR) is 86.2 cm³/mol. The van der Waals surface area contributed by atoms with Crippen LogP contribution in [0, 0.1) is 12.8 Å². The monoisotopic (exact) mass is 293 g/mol. The Morgan fingerprint density at radius 1 is 1.00 bits per heavy atom. The van der Waals surface area contributed by atoms with Gasteiger partial charge in [-0.25, -0.2) is 0 Å². The second-order valence-electron chi connectivity index (χ2n) is 5.91. The minimum Gasteiger partial charge on any atom is -0.334 e. The lowest BCUT2D eigenvalue weighted by Crippen LogP contribution is -1.93. The van der Waals surface area contributed by atoms with Crippen LogP contribution in [0.1, 0.15) is 25.1 Å². The van der Waals surface area contributed by atoms with E-state index in [2.05, 4.69) is 41.1 Å². The van der Waals surface area contributed by atoms with Gasteiger partial charge in [0.2, 0.25) is 5.82 Å². The fraction of sp³-hybridized carbons (Fsp3) is 0.278. The van der Waals surface area contributed by atoms with Gasteiger partial charge in [0.05, 0.1) is 0 Å². The van der Waals surface area contributed by atoms with Gasteiger partial charge in [-0.1, -0.05) is 31.1 Å². The van der Waals surface area contributed by atoms with Crippen molar-refractivity contribution >= 4 is 0 Å². The number of rotatable bonds is 4. The topological polar surface area (TPSA) is 51.8 Å². The molecule has 2 heterocycles. The van der Waals surface area contributed by atoms with Crippen LogP contribution in [0.3, 0.4) is 0 Å².